The molecule has 6 nitrogen and oxygen atoms in total. The molecule has 0 spiro atoms. The molecule has 0 radical (unpaired) electrons. The van der Waals surface area contributed by atoms with Gasteiger partial charge in [0.1, 0.15) is 0 Å². The van der Waals surface area contributed by atoms with Gasteiger partial charge in [0.15, 0.2) is 0 Å². The number of thioether (sulfide) groups is 1. The lowest BCUT2D eigenvalue weighted by Crippen LogP contribution is -2.18. The van der Waals surface area contributed by atoms with Crippen molar-refractivity contribution < 1.29 is 18.0 Å². The Kier molecular flexibility index (Phi) is 6.37. The van der Waals surface area contributed by atoms with Gasteiger partial charge in [-0.05, 0) is 37.1 Å². The predicted molar refractivity (Wildman–Crippen MR) is 120 cm³/mol. The number of aromatic nitrogens is 4. The number of alkyl halides is 3. The Hall–Kier alpha value is -3.40. The molecule has 0 atom stereocenters. The van der Waals surface area contributed by atoms with Crippen molar-refractivity contribution in [3.05, 3.63) is 82.7 Å². The van der Waals surface area contributed by atoms with Gasteiger partial charge in [0.2, 0.25) is 11.1 Å². The summed E-state index contributed by atoms with van der Waals surface area (Å²) in [6, 6.07) is 14.9. The first-order chi connectivity index (χ1) is 15.7. The van der Waals surface area contributed by atoms with Gasteiger partial charge in [-0.1, -0.05) is 54.2 Å². The minimum absolute atomic E-state index is 0.141. The molecule has 4 rings (SSSR count). The number of hydrogen-bond donors (Lipinski definition) is 1. The number of nitrogens with one attached hydrogen (secondary N) is 1. The van der Waals surface area contributed by atoms with E-state index in [4.69, 9.17) is 0 Å². The normalized spacial score (nSPS) is 11.7. The van der Waals surface area contributed by atoms with E-state index < -0.39 is 17.6 Å². The Bertz CT molecular complexity index is 1300. The highest BCUT2D eigenvalue weighted by atomic mass is 32.2. The molecule has 10 heteroatoms. The lowest BCUT2D eigenvalue weighted by Gasteiger charge is -2.13. The smallest absolute Gasteiger partial charge is 0.325 e. The molecular weight excluding hydrogens is 451 g/mol. The van der Waals surface area contributed by atoms with Crippen LogP contribution in [0.4, 0.5) is 18.9 Å². The van der Waals surface area contributed by atoms with Crippen LogP contribution >= 0.6 is 11.8 Å². The Labute approximate surface area is 192 Å². The molecule has 0 saturated carbocycles. The molecule has 0 bridgehead atoms. The molecule has 1 N–H and O–H groups in total. The molecular formula is C23H20F3N5OS. The fourth-order valence-electron chi connectivity index (χ4n) is 3.46. The lowest BCUT2D eigenvalue weighted by molar-refractivity contribution is -0.137. The number of nitrogens with zero attached hydrogens (tertiary/aromatic N) is 4. The SMILES string of the molecule is Cc1nc2nc(SCC(=O)Nc3ccccc3C(F)(F)F)nn2c(C)c1Cc1ccccc1. The first kappa shape index (κ1) is 22.8. The molecule has 4 aromatic rings. The number of benzene rings is 2. The fourth-order valence-corrected chi connectivity index (χ4v) is 4.08. The van der Waals surface area contributed by atoms with Gasteiger partial charge in [0.05, 0.1) is 17.0 Å². The molecule has 0 saturated heterocycles. The van der Waals surface area contributed by atoms with Crippen LogP contribution in [0.3, 0.4) is 0 Å². The number of rotatable bonds is 6. The Morgan fingerprint density at radius 2 is 1.73 bits per heavy atom. The third-order valence-electron chi connectivity index (χ3n) is 5.09. The second kappa shape index (κ2) is 9.22. The standard InChI is InChI=1S/C23H20F3N5OS/c1-14-17(12-16-8-4-3-5-9-16)15(2)31-21(27-14)29-22(30-31)33-13-20(32)28-19-11-7-6-10-18(19)23(24,25)26/h3-11H,12-13H2,1-2H3,(H,28,32). The minimum atomic E-state index is -4.56. The zero-order chi connectivity index (χ0) is 23.6. The van der Waals surface area contributed by atoms with E-state index in [0.29, 0.717) is 17.4 Å². The monoisotopic (exact) mass is 471 g/mol. The topological polar surface area (TPSA) is 72.2 Å². The molecule has 170 valence electrons. The molecule has 2 aromatic heterocycles. The molecule has 33 heavy (non-hydrogen) atoms. The van der Waals surface area contributed by atoms with E-state index in [1.165, 1.54) is 18.2 Å². The average Bonchev–Trinajstić information content (AvgIpc) is 3.18. The third-order valence-corrected chi connectivity index (χ3v) is 5.93. The first-order valence-electron chi connectivity index (χ1n) is 10.1. The largest absolute Gasteiger partial charge is 0.418 e. The summed E-state index contributed by atoms with van der Waals surface area (Å²) in [4.78, 5) is 21.2. The predicted octanol–water partition coefficient (Wildman–Crippen LogP) is 5.08. The maximum absolute atomic E-state index is 13.1. The Morgan fingerprint density at radius 3 is 2.45 bits per heavy atom. The molecule has 0 fully saturated rings. The van der Waals surface area contributed by atoms with Crippen molar-refractivity contribution >= 4 is 29.1 Å². The highest BCUT2D eigenvalue weighted by molar-refractivity contribution is 7.99. The number of carbonyl (C=O) groups excluding carboxylic acids is 1. The maximum atomic E-state index is 13.1. The zero-order valence-corrected chi connectivity index (χ0v) is 18.7. The number of amides is 1. The van der Waals surface area contributed by atoms with Crippen molar-refractivity contribution in [1.29, 1.82) is 0 Å². The first-order valence-corrected chi connectivity index (χ1v) is 11.1. The van der Waals surface area contributed by atoms with Crippen LogP contribution in [-0.2, 0) is 17.4 Å². The van der Waals surface area contributed by atoms with E-state index in [-0.39, 0.29) is 11.4 Å². The van der Waals surface area contributed by atoms with Crippen LogP contribution in [-0.4, -0.2) is 31.2 Å². The molecule has 0 unspecified atom stereocenters. The van der Waals surface area contributed by atoms with E-state index >= 15 is 0 Å². The van der Waals surface area contributed by atoms with Gasteiger partial charge in [-0.2, -0.15) is 18.2 Å². The fraction of sp³-hybridized carbons (Fsp3) is 0.217. The zero-order valence-electron chi connectivity index (χ0n) is 17.8. The van der Waals surface area contributed by atoms with Gasteiger partial charge in [-0.25, -0.2) is 9.50 Å². The quantitative estimate of drug-likeness (QED) is 0.397. The number of halogens is 3. The van der Waals surface area contributed by atoms with Crippen LogP contribution in [0.5, 0.6) is 0 Å². The van der Waals surface area contributed by atoms with Crippen LogP contribution in [0.2, 0.25) is 0 Å². The Balaban J connectivity index is 1.49. The van der Waals surface area contributed by atoms with Crippen molar-refractivity contribution in [2.75, 3.05) is 11.1 Å². The van der Waals surface area contributed by atoms with E-state index in [9.17, 15) is 18.0 Å². The van der Waals surface area contributed by atoms with Gasteiger partial charge >= 0.3 is 6.18 Å². The van der Waals surface area contributed by atoms with Gasteiger partial charge in [0.25, 0.3) is 5.78 Å². The van der Waals surface area contributed by atoms with Crippen LogP contribution in [0, 0.1) is 13.8 Å². The number of anilines is 1. The van der Waals surface area contributed by atoms with Gasteiger partial charge in [-0.15, -0.1) is 5.10 Å². The number of aryl methyl sites for hydroxylation is 2. The number of fused-ring (bicyclic) bond motifs is 1. The average molecular weight is 472 g/mol. The summed E-state index contributed by atoms with van der Waals surface area (Å²) in [6.45, 7) is 3.85. The van der Waals surface area contributed by atoms with Gasteiger partial charge in [0, 0.05) is 17.8 Å². The summed E-state index contributed by atoms with van der Waals surface area (Å²) >= 11 is 1.03. The summed E-state index contributed by atoms with van der Waals surface area (Å²) in [5.41, 5.74) is 2.75. The highest BCUT2D eigenvalue weighted by Gasteiger charge is 2.33. The third kappa shape index (κ3) is 5.16. The molecule has 0 aliphatic rings. The number of para-hydroxylation sites is 1. The van der Waals surface area contributed by atoms with E-state index in [1.807, 2.05) is 44.2 Å². The van der Waals surface area contributed by atoms with Crippen molar-refractivity contribution in [2.24, 2.45) is 0 Å². The molecule has 0 aliphatic carbocycles. The van der Waals surface area contributed by atoms with E-state index in [0.717, 1.165) is 40.3 Å². The van der Waals surface area contributed by atoms with Crippen molar-refractivity contribution in [3.8, 4) is 0 Å². The lowest BCUT2D eigenvalue weighted by atomic mass is 10.0. The summed E-state index contributed by atoms with van der Waals surface area (Å²) < 4.78 is 41.0. The van der Waals surface area contributed by atoms with Gasteiger partial charge < -0.3 is 5.32 Å². The number of hydrogen-bond acceptors (Lipinski definition) is 5. The van der Waals surface area contributed by atoms with E-state index in [1.54, 1.807) is 4.52 Å². The Morgan fingerprint density at radius 1 is 1.03 bits per heavy atom. The van der Waals surface area contributed by atoms with E-state index in [2.05, 4.69) is 20.4 Å². The summed E-state index contributed by atoms with van der Waals surface area (Å²) in [7, 11) is 0. The van der Waals surface area contributed by atoms with Crippen molar-refractivity contribution in [1.82, 2.24) is 19.6 Å². The van der Waals surface area contributed by atoms with Crippen LogP contribution in [0.15, 0.2) is 59.8 Å². The molecule has 2 heterocycles. The van der Waals surface area contributed by atoms with Gasteiger partial charge in [-0.3, -0.25) is 4.79 Å². The summed E-state index contributed by atoms with van der Waals surface area (Å²) in [5.74, 6) is -0.314. The minimum Gasteiger partial charge on any atom is -0.325 e. The van der Waals surface area contributed by atoms with Crippen LogP contribution in [0.25, 0.3) is 5.78 Å². The molecule has 1 amide bonds. The highest BCUT2D eigenvalue weighted by Crippen LogP contribution is 2.34. The summed E-state index contributed by atoms with van der Waals surface area (Å²) in [5, 5.41) is 7.08. The maximum Gasteiger partial charge on any atom is 0.418 e. The number of carbonyl (C=O) groups is 1. The van der Waals surface area contributed by atoms with Crippen molar-refractivity contribution in [2.45, 2.75) is 31.6 Å². The second-order valence-electron chi connectivity index (χ2n) is 7.41. The van der Waals surface area contributed by atoms with Crippen LogP contribution in [0.1, 0.15) is 28.1 Å². The molecule has 0 aliphatic heterocycles. The summed E-state index contributed by atoms with van der Waals surface area (Å²) in [6.07, 6.45) is -3.86. The second-order valence-corrected chi connectivity index (χ2v) is 8.35. The van der Waals surface area contributed by atoms with Crippen LogP contribution < -0.4 is 5.32 Å². The molecule has 2 aromatic carbocycles. The van der Waals surface area contributed by atoms with Crippen molar-refractivity contribution in [3.63, 3.8) is 0 Å².